The van der Waals surface area contributed by atoms with Gasteiger partial charge >= 0.3 is 0 Å². The van der Waals surface area contributed by atoms with Gasteiger partial charge in [0.15, 0.2) is 0 Å². The number of nitrogens with two attached hydrogens (primary N) is 1. The van der Waals surface area contributed by atoms with Crippen molar-refractivity contribution >= 4 is 11.6 Å². The fourth-order valence-electron chi connectivity index (χ4n) is 2.90. The molecule has 2 nitrogen and oxygen atoms in total. The third kappa shape index (κ3) is 3.22. The highest BCUT2D eigenvalue weighted by Gasteiger charge is 2.28. The van der Waals surface area contributed by atoms with Crippen molar-refractivity contribution in [3.8, 4) is 0 Å². The molecule has 0 saturated heterocycles. The maximum atomic E-state index is 13.1. The van der Waals surface area contributed by atoms with Gasteiger partial charge in [0.1, 0.15) is 5.82 Å². The Kier molecular flexibility index (Phi) is 4.60. The molecule has 3 unspecified atom stereocenters. The second-order valence-electron chi connectivity index (χ2n) is 5.40. The SMILES string of the molecule is CC1CCC(C(Cc2ccc(F)c(Cl)c2)NN)C1. The molecule has 0 bridgehead atoms. The zero-order valence-electron chi connectivity index (χ0n) is 10.6. The van der Waals surface area contributed by atoms with Crippen molar-refractivity contribution in [2.75, 3.05) is 0 Å². The molecular weight excluding hydrogens is 251 g/mol. The molecule has 0 amide bonds. The molecule has 0 spiro atoms. The molecule has 3 atom stereocenters. The summed E-state index contributed by atoms with van der Waals surface area (Å²) in [6, 6.07) is 5.14. The van der Waals surface area contributed by atoms with Crippen LogP contribution < -0.4 is 11.3 Å². The summed E-state index contributed by atoms with van der Waals surface area (Å²) >= 11 is 5.80. The summed E-state index contributed by atoms with van der Waals surface area (Å²) in [6.45, 7) is 2.28. The number of hydrogen-bond donors (Lipinski definition) is 2. The molecule has 2 rings (SSSR count). The molecule has 0 radical (unpaired) electrons. The summed E-state index contributed by atoms with van der Waals surface area (Å²) < 4.78 is 13.1. The summed E-state index contributed by atoms with van der Waals surface area (Å²) in [5.41, 5.74) is 3.94. The first kappa shape index (κ1) is 13.8. The second-order valence-corrected chi connectivity index (χ2v) is 5.81. The van der Waals surface area contributed by atoms with E-state index in [2.05, 4.69) is 12.3 Å². The van der Waals surface area contributed by atoms with E-state index >= 15 is 0 Å². The lowest BCUT2D eigenvalue weighted by atomic mass is 9.92. The molecule has 0 aromatic heterocycles. The Balaban J connectivity index is 2.03. The van der Waals surface area contributed by atoms with Gasteiger partial charge in [0.2, 0.25) is 0 Å². The van der Waals surface area contributed by atoms with Crippen molar-refractivity contribution in [3.05, 3.63) is 34.6 Å². The van der Waals surface area contributed by atoms with Gasteiger partial charge in [0.25, 0.3) is 0 Å². The van der Waals surface area contributed by atoms with Crippen LogP contribution in [-0.4, -0.2) is 6.04 Å². The van der Waals surface area contributed by atoms with Crippen LogP contribution in [0.5, 0.6) is 0 Å². The highest BCUT2D eigenvalue weighted by atomic mass is 35.5. The molecule has 0 heterocycles. The third-order valence-corrected chi connectivity index (χ3v) is 4.25. The molecule has 18 heavy (non-hydrogen) atoms. The molecule has 1 aromatic carbocycles. The zero-order valence-corrected chi connectivity index (χ0v) is 11.4. The third-order valence-electron chi connectivity index (χ3n) is 3.96. The molecular formula is C14H20ClFN2. The van der Waals surface area contributed by atoms with Gasteiger partial charge in [0, 0.05) is 6.04 Å². The Bertz CT molecular complexity index is 411. The number of halogens is 2. The summed E-state index contributed by atoms with van der Waals surface area (Å²) in [4.78, 5) is 0. The highest BCUT2D eigenvalue weighted by Crippen LogP contribution is 2.33. The first-order chi connectivity index (χ1) is 8.60. The maximum absolute atomic E-state index is 13.1. The van der Waals surface area contributed by atoms with Crippen LogP contribution in [0.3, 0.4) is 0 Å². The van der Waals surface area contributed by atoms with Gasteiger partial charge in [0.05, 0.1) is 5.02 Å². The number of benzene rings is 1. The fourth-order valence-corrected chi connectivity index (χ4v) is 3.10. The average molecular weight is 271 g/mol. The van der Waals surface area contributed by atoms with Crippen LogP contribution in [0.1, 0.15) is 31.7 Å². The molecule has 1 aromatic rings. The van der Waals surface area contributed by atoms with Crippen molar-refractivity contribution < 1.29 is 4.39 Å². The largest absolute Gasteiger partial charge is 0.271 e. The van der Waals surface area contributed by atoms with Gasteiger partial charge in [-0.2, -0.15) is 0 Å². The van der Waals surface area contributed by atoms with Crippen molar-refractivity contribution in [3.63, 3.8) is 0 Å². The molecule has 0 aliphatic heterocycles. The second kappa shape index (κ2) is 6.00. The van der Waals surface area contributed by atoms with Crippen molar-refractivity contribution in [2.24, 2.45) is 17.7 Å². The van der Waals surface area contributed by atoms with E-state index in [4.69, 9.17) is 17.4 Å². The number of rotatable bonds is 4. The van der Waals surface area contributed by atoms with E-state index in [1.165, 1.54) is 25.3 Å². The van der Waals surface area contributed by atoms with E-state index in [-0.39, 0.29) is 16.9 Å². The van der Waals surface area contributed by atoms with Crippen LogP contribution in [0.2, 0.25) is 5.02 Å². The van der Waals surface area contributed by atoms with E-state index in [1.807, 2.05) is 0 Å². The van der Waals surface area contributed by atoms with Crippen LogP contribution in [0.4, 0.5) is 4.39 Å². The van der Waals surface area contributed by atoms with E-state index in [0.717, 1.165) is 17.9 Å². The predicted octanol–water partition coefficient (Wildman–Crippen LogP) is 3.29. The van der Waals surface area contributed by atoms with Gasteiger partial charge in [-0.1, -0.05) is 31.0 Å². The lowest BCUT2D eigenvalue weighted by Gasteiger charge is -2.23. The normalized spacial score (nSPS) is 25.3. The minimum absolute atomic E-state index is 0.183. The van der Waals surface area contributed by atoms with Gasteiger partial charge in [-0.25, -0.2) is 4.39 Å². The van der Waals surface area contributed by atoms with Crippen LogP contribution in [0, 0.1) is 17.7 Å². The monoisotopic (exact) mass is 270 g/mol. The minimum Gasteiger partial charge on any atom is -0.271 e. The fraction of sp³-hybridized carbons (Fsp3) is 0.571. The summed E-state index contributed by atoms with van der Waals surface area (Å²) in [6.07, 6.45) is 4.50. The maximum Gasteiger partial charge on any atom is 0.141 e. The minimum atomic E-state index is -0.368. The Morgan fingerprint density at radius 1 is 1.50 bits per heavy atom. The van der Waals surface area contributed by atoms with E-state index in [1.54, 1.807) is 12.1 Å². The number of nitrogens with one attached hydrogen (secondary N) is 1. The van der Waals surface area contributed by atoms with Crippen LogP contribution in [0.25, 0.3) is 0 Å². The summed E-state index contributed by atoms with van der Waals surface area (Å²) in [7, 11) is 0. The zero-order chi connectivity index (χ0) is 13.1. The molecule has 1 fully saturated rings. The van der Waals surface area contributed by atoms with Crippen LogP contribution in [-0.2, 0) is 6.42 Å². The number of hydrogen-bond acceptors (Lipinski definition) is 2. The van der Waals surface area contributed by atoms with Crippen LogP contribution >= 0.6 is 11.6 Å². The first-order valence-corrected chi connectivity index (χ1v) is 6.88. The lowest BCUT2D eigenvalue weighted by molar-refractivity contribution is 0.352. The van der Waals surface area contributed by atoms with Gasteiger partial charge in [-0.05, 0) is 48.8 Å². The Hall–Kier alpha value is -0.640. The molecule has 4 heteroatoms. The topological polar surface area (TPSA) is 38.0 Å². The van der Waals surface area contributed by atoms with Gasteiger partial charge < -0.3 is 0 Å². The van der Waals surface area contributed by atoms with Gasteiger partial charge in [-0.15, -0.1) is 0 Å². The predicted molar refractivity (Wildman–Crippen MR) is 72.7 cm³/mol. The Morgan fingerprint density at radius 2 is 2.28 bits per heavy atom. The highest BCUT2D eigenvalue weighted by molar-refractivity contribution is 6.30. The smallest absolute Gasteiger partial charge is 0.141 e. The van der Waals surface area contributed by atoms with E-state index < -0.39 is 0 Å². The van der Waals surface area contributed by atoms with Crippen molar-refractivity contribution in [1.29, 1.82) is 0 Å². The Morgan fingerprint density at radius 3 is 2.83 bits per heavy atom. The van der Waals surface area contributed by atoms with Gasteiger partial charge in [-0.3, -0.25) is 11.3 Å². The summed E-state index contributed by atoms with van der Waals surface area (Å²) in [5, 5.41) is 0.183. The lowest BCUT2D eigenvalue weighted by Crippen LogP contribution is -2.41. The number of hydrazine groups is 1. The van der Waals surface area contributed by atoms with E-state index in [9.17, 15) is 4.39 Å². The molecule has 3 N–H and O–H groups in total. The average Bonchev–Trinajstić information content (AvgIpc) is 2.77. The van der Waals surface area contributed by atoms with Crippen LogP contribution in [0.15, 0.2) is 18.2 Å². The van der Waals surface area contributed by atoms with Crippen molar-refractivity contribution in [1.82, 2.24) is 5.43 Å². The summed E-state index contributed by atoms with van der Waals surface area (Å²) in [5.74, 6) is 6.67. The molecule has 1 aliphatic carbocycles. The molecule has 100 valence electrons. The van der Waals surface area contributed by atoms with Crippen molar-refractivity contribution in [2.45, 2.75) is 38.6 Å². The van der Waals surface area contributed by atoms with E-state index in [0.29, 0.717) is 5.92 Å². The Labute approximate surface area is 113 Å². The molecule has 1 saturated carbocycles. The molecule has 1 aliphatic rings. The first-order valence-electron chi connectivity index (χ1n) is 6.50. The standard InChI is InChI=1S/C14H20ClFN2/c1-9-2-4-11(6-9)14(18-17)8-10-3-5-13(16)12(15)7-10/h3,5,7,9,11,14,18H,2,4,6,8,17H2,1H3. The quantitative estimate of drug-likeness (QED) is 0.651.